The van der Waals surface area contributed by atoms with Gasteiger partial charge in [0.25, 0.3) is 0 Å². The smallest absolute Gasteiger partial charge is 0.226 e. The first-order valence-electron chi connectivity index (χ1n) is 9.59. The fraction of sp³-hybridized carbons (Fsp3) is 0.364. The van der Waals surface area contributed by atoms with Crippen LogP contribution in [0, 0.1) is 5.92 Å². The van der Waals surface area contributed by atoms with Gasteiger partial charge in [-0.25, -0.2) is 4.98 Å². The van der Waals surface area contributed by atoms with Crippen molar-refractivity contribution in [3.63, 3.8) is 0 Å². The molecule has 27 heavy (non-hydrogen) atoms. The zero-order chi connectivity index (χ0) is 18.4. The van der Waals surface area contributed by atoms with Crippen LogP contribution in [0.4, 0.5) is 0 Å². The highest BCUT2D eigenvalue weighted by molar-refractivity contribution is 9.10. The number of halogens is 1. The maximum Gasteiger partial charge on any atom is 0.226 e. The number of fused-ring (bicyclic) bond motifs is 1. The third kappa shape index (κ3) is 3.29. The Bertz CT molecular complexity index is 948. The van der Waals surface area contributed by atoms with Gasteiger partial charge < -0.3 is 9.32 Å². The Morgan fingerprint density at radius 1 is 1.15 bits per heavy atom. The number of nitrogens with zero attached hydrogens (tertiary/aromatic N) is 2. The minimum Gasteiger partial charge on any atom is -0.440 e. The lowest BCUT2D eigenvalue weighted by Gasteiger charge is -2.31. The molecule has 3 aromatic rings. The summed E-state index contributed by atoms with van der Waals surface area (Å²) in [5.74, 6) is 1.77. The van der Waals surface area contributed by atoms with E-state index in [9.17, 15) is 4.79 Å². The number of oxazole rings is 1. The topological polar surface area (TPSA) is 46.3 Å². The molecule has 3 unspecified atom stereocenters. The number of para-hydroxylation sites is 2. The summed E-state index contributed by atoms with van der Waals surface area (Å²) in [4.78, 5) is 19.7. The van der Waals surface area contributed by atoms with Crippen LogP contribution in [0.15, 0.2) is 57.4 Å². The van der Waals surface area contributed by atoms with Gasteiger partial charge in [-0.05, 0) is 55.0 Å². The lowest BCUT2D eigenvalue weighted by Crippen LogP contribution is -2.40. The van der Waals surface area contributed by atoms with Crippen LogP contribution in [0.2, 0.25) is 0 Å². The van der Waals surface area contributed by atoms with Crippen molar-refractivity contribution in [1.29, 1.82) is 0 Å². The normalized spacial score (nSPS) is 24.9. The first kappa shape index (κ1) is 17.0. The minimum atomic E-state index is 0.133. The average Bonchev–Trinajstić information content (AvgIpc) is 3.38. The Labute approximate surface area is 166 Å². The first-order chi connectivity index (χ1) is 13.2. The fourth-order valence-electron chi connectivity index (χ4n) is 4.22. The second kappa shape index (κ2) is 6.79. The zero-order valence-electron chi connectivity index (χ0n) is 15.0. The number of carbonyl (C=O) groups excluding carboxylic acids is 1. The fourth-order valence-corrected chi connectivity index (χ4v) is 4.49. The Kier molecular flexibility index (Phi) is 4.27. The van der Waals surface area contributed by atoms with Crippen LogP contribution in [0.5, 0.6) is 0 Å². The number of amides is 1. The van der Waals surface area contributed by atoms with Crippen molar-refractivity contribution in [2.24, 2.45) is 5.92 Å². The lowest BCUT2D eigenvalue weighted by atomic mass is 9.97. The molecule has 5 rings (SSSR count). The molecule has 1 amide bonds. The molecule has 138 valence electrons. The molecule has 2 aromatic carbocycles. The van der Waals surface area contributed by atoms with E-state index in [1.807, 2.05) is 29.2 Å². The van der Waals surface area contributed by atoms with E-state index in [0.29, 0.717) is 11.8 Å². The number of benzene rings is 2. The Hall–Kier alpha value is -2.14. The number of hydrogen-bond donors (Lipinski definition) is 0. The molecular weight excluding hydrogens is 404 g/mol. The Morgan fingerprint density at radius 2 is 1.96 bits per heavy atom. The van der Waals surface area contributed by atoms with Gasteiger partial charge in [0, 0.05) is 23.5 Å². The Balaban J connectivity index is 1.28. The molecule has 1 saturated heterocycles. The van der Waals surface area contributed by atoms with Crippen molar-refractivity contribution in [3.8, 4) is 0 Å². The number of piperidine rings is 1. The molecule has 0 bridgehead atoms. The highest BCUT2D eigenvalue weighted by atomic mass is 79.9. The molecule has 3 atom stereocenters. The van der Waals surface area contributed by atoms with Gasteiger partial charge >= 0.3 is 0 Å². The molecule has 2 aliphatic rings. The van der Waals surface area contributed by atoms with Gasteiger partial charge in [0.15, 0.2) is 11.5 Å². The molecule has 0 spiro atoms. The number of rotatable bonds is 3. The van der Waals surface area contributed by atoms with E-state index in [4.69, 9.17) is 4.42 Å². The number of likely N-dealkylation sites (tertiary alicyclic amines) is 1. The summed E-state index contributed by atoms with van der Waals surface area (Å²) in [7, 11) is 0. The predicted molar refractivity (Wildman–Crippen MR) is 108 cm³/mol. The second-order valence-electron chi connectivity index (χ2n) is 7.64. The molecular formula is C22H21BrN2O2. The van der Waals surface area contributed by atoms with Crippen molar-refractivity contribution < 1.29 is 9.21 Å². The molecule has 5 heteroatoms. The lowest BCUT2D eigenvalue weighted by molar-refractivity contribution is -0.134. The Morgan fingerprint density at radius 3 is 2.78 bits per heavy atom. The van der Waals surface area contributed by atoms with Gasteiger partial charge in [-0.2, -0.15) is 0 Å². The maximum absolute atomic E-state index is 13.0. The number of hydrogen-bond acceptors (Lipinski definition) is 3. The molecule has 2 fully saturated rings. The summed E-state index contributed by atoms with van der Waals surface area (Å²) in [6.45, 7) is 1.56. The highest BCUT2D eigenvalue weighted by Gasteiger charge is 2.46. The number of aromatic nitrogens is 1. The first-order valence-corrected chi connectivity index (χ1v) is 10.4. The summed E-state index contributed by atoms with van der Waals surface area (Å²) in [6.07, 6.45) is 2.99. The molecule has 0 radical (unpaired) electrons. The van der Waals surface area contributed by atoms with Gasteiger partial charge in [-0.3, -0.25) is 4.79 Å². The third-order valence-electron chi connectivity index (χ3n) is 5.80. The summed E-state index contributed by atoms with van der Waals surface area (Å²) < 4.78 is 7.04. The van der Waals surface area contributed by atoms with E-state index < -0.39 is 0 Å². The molecule has 1 aromatic heterocycles. The van der Waals surface area contributed by atoms with Crippen molar-refractivity contribution in [1.82, 2.24) is 9.88 Å². The van der Waals surface area contributed by atoms with Crippen LogP contribution in [-0.4, -0.2) is 28.9 Å². The van der Waals surface area contributed by atoms with Crippen LogP contribution in [0.3, 0.4) is 0 Å². The average molecular weight is 425 g/mol. The van der Waals surface area contributed by atoms with Gasteiger partial charge in [0.05, 0.1) is 5.92 Å². The molecule has 1 aliphatic carbocycles. The molecule has 2 heterocycles. The molecule has 1 saturated carbocycles. The van der Waals surface area contributed by atoms with Crippen molar-refractivity contribution in [3.05, 3.63) is 64.5 Å². The minimum absolute atomic E-state index is 0.133. The van der Waals surface area contributed by atoms with Gasteiger partial charge in [0.1, 0.15) is 5.52 Å². The van der Waals surface area contributed by atoms with Gasteiger partial charge in [-0.1, -0.05) is 40.2 Å². The predicted octanol–water partition coefficient (Wildman–Crippen LogP) is 5.10. The van der Waals surface area contributed by atoms with E-state index in [2.05, 4.69) is 45.2 Å². The number of carbonyl (C=O) groups is 1. The second-order valence-corrected chi connectivity index (χ2v) is 8.56. The summed E-state index contributed by atoms with van der Waals surface area (Å²) in [5, 5.41) is 0. The van der Waals surface area contributed by atoms with Crippen LogP contribution in [-0.2, 0) is 4.79 Å². The molecule has 4 nitrogen and oxygen atoms in total. The van der Waals surface area contributed by atoms with Crippen LogP contribution in [0.1, 0.15) is 42.6 Å². The van der Waals surface area contributed by atoms with Crippen molar-refractivity contribution in [2.75, 3.05) is 13.1 Å². The maximum atomic E-state index is 13.0. The van der Waals surface area contributed by atoms with Crippen molar-refractivity contribution in [2.45, 2.75) is 31.1 Å². The largest absolute Gasteiger partial charge is 0.440 e. The van der Waals surface area contributed by atoms with Gasteiger partial charge in [0.2, 0.25) is 5.91 Å². The van der Waals surface area contributed by atoms with E-state index in [0.717, 1.165) is 53.8 Å². The quantitative estimate of drug-likeness (QED) is 0.587. The monoisotopic (exact) mass is 424 g/mol. The van der Waals surface area contributed by atoms with E-state index >= 15 is 0 Å². The van der Waals surface area contributed by atoms with Crippen LogP contribution < -0.4 is 0 Å². The van der Waals surface area contributed by atoms with Crippen LogP contribution >= 0.6 is 15.9 Å². The molecule has 1 aliphatic heterocycles. The molecule has 0 N–H and O–H groups in total. The highest BCUT2D eigenvalue weighted by Crippen LogP contribution is 2.49. The van der Waals surface area contributed by atoms with E-state index in [1.54, 1.807) is 0 Å². The van der Waals surface area contributed by atoms with Crippen molar-refractivity contribution >= 4 is 32.9 Å². The van der Waals surface area contributed by atoms with Gasteiger partial charge in [-0.15, -0.1) is 0 Å². The summed E-state index contributed by atoms with van der Waals surface area (Å²) >= 11 is 3.47. The summed E-state index contributed by atoms with van der Waals surface area (Å²) in [5.41, 5.74) is 2.99. The van der Waals surface area contributed by atoms with E-state index in [-0.39, 0.29) is 11.8 Å². The third-order valence-corrected chi connectivity index (χ3v) is 6.33. The van der Waals surface area contributed by atoms with Crippen LogP contribution in [0.25, 0.3) is 11.1 Å². The standard InChI is InChI=1S/C22H21BrN2O2/c23-16-9-7-14(8-10-16)17-12-18(17)22(26)25-11-3-4-15(13-25)21-24-19-5-1-2-6-20(19)27-21/h1-2,5-10,15,17-18H,3-4,11-13H2. The summed E-state index contributed by atoms with van der Waals surface area (Å²) in [6, 6.07) is 16.2. The van der Waals surface area contributed by atoms with E-state index in [1.165, 1.54) is 5.56 Å². The SMILES string of the molecule is O=C(C1CC1c1ccc(Br)cc1)N1CCCC(c2nc3ccccc3o2)C1. The zero-order valence-corrected chi connectivity index (χ0v) is 16.6.